The van der Waals surface area contributed by atoms with Gasteiger partial charge in [0.1, 0.15) is 23.1 Å². The maximum atomic E-state index is 13.3. The van der Waals surface area contributed by atoms with Crippen LogP contribution in [-0.4, -0.2) is 47.8 Å². The molecule has 5 rings (SSSR count). The Morgan fingerprint density at radius 2 is 1.88 bits per heavy atom. The van der Waals surface area contributed by atoms with Crippen molar-refractivity contribution in [1.29, 1.82) is 0 Å². The number of oxazole rings is 1. The van der Waals surface area contributed by atoms with Crippen LogP contribution < -0.4 is 21.1 Å². The number of nitrogens with zero attached hydrogens (tertiary/aromatic N) is 2. The molecule has 10 nitrogen and oxygen atoms in total. The molecule has 1 atom stereocenters. The first-order valence-electron chi connectivity index (χ1n) is 13.6. The number of alkyl halides is 3. The highest BCUT2D eigenvalue weighted by Crippen LogP contribution is 2.37. The number of rotatable bonds is 8. The first kappa shape index (κ1) is 28.7. The number of carbonyl (C=O) groups is 2. The lowest BCUT2D eigenvalue weighted by atomic mass is 9.82. The topological polar surface area (TPSA) is 142 Å². The molecule has 0 spiro atoms. The molecule has 2 amide bonds. The molecule has 4 N–H and O–H groups in total. The minimum Gasteiger partial charge on any atom is -0.494 e. The van der Waals surface area contributed by atoms with E-state index < -0.39 is 29.9 Å². The van der Waals surface area contributed by atoms with Gasteiger partial charge in [-0.2, -0.15) is 13.2 Å². The van der Waals surface area contributed by atoms with Crippen molar-refractivity contribution in [1.82, 2.24) is 20.6 Å². The zero-order valence-corrected chi connectivity index (χ0v) is 22.7. The molecule has 1 aromatic carbocycles. The molecule has 0 saturated heterocycles. The van der Waals surface area contributed by atoms with Gasteiger partial charge in [-0.05, 0) is 62.8 Å². The molecular weight excluding hydrogens is 543 g/mol. The number of benzene rings is 1. The average molecular weight is 576 g/mol. The van der Waals surface area contributed by atoms with Crippen molar-refractivity contribution < 1.29 is 36.7 Å². The molecular formula is C28H32F3N5O5. The number of nitrogens with one attached hydrogen (secondary N) is 2. The molecule has 0 aliphatic heterocycles. The summed E-state index contributed by atoms with van der Waals surface area (Å²) in [5, 5.41) is 6.05. The van der Waals surface area contributed by atoms with Gasteiger partial charge >= 0.3 is 12.3 Å². The van der Waals surface area contributed by atoms with Crippen molar-refractivity contribution in [2.24, 2.45) is 11.7 Å². The van der Waals surface area contributed by atoms with E-state index in [4.69, 9.17) is 19.6 Å². The number of halogens is 3. The molecule has 0 radical (unpaired) electrons. The molecule has 3 aromatic rings. The summed E-state index contributed by atoms with van der Waals surface area (Å²) in [4.78, 5) is 33.3. The van der Waals surface area contributed by atoms with E-state index in [1.165, 1.54) is 19.2 Å². The molecule has 41 heavy (non-hydrogen) atoms. The fourth-order valence-electron chi connectivity index (χ4n) is 5.30. The van der Waals surface area contributed by atoms with E-state index in [0.29, 0.717) is 30.3 Å². The van der Waals surface area contributed by atoms with Gasteiger partial charge in [-0.15, -0.1) is 0 Å². The smallest absolute Gasteiger partial charge is 0.433 e. The van der Waals surface area contributed by atoms with Gasteiger partial charge in [0.15, 0.2) is 11.5 Å². The standard InChI is InChI=1S/C28H32F3N5O5/c1-14(32)24-23(25(37)33-13-15-11-17(12-15)40-27(38)34-16-5-3-4-6-16)36-26(41-24)19-7-9-20(39-2)22-18(19)8-10-21(35-22)28(29,30)31/h7-10,14-17H,3-6,11-13,32H2,1-2H3,(H,33,37)(H,34,38)/t14-,15?,17?/m0/s1. The summed E-state index contributed by atoms with van der Waals surface area (Å²) in [5.41, 5.74) is 5.29. The van der Waals surface area contributed by atoms with Crippen LogP contribution in [0, 0.1) is 5.92 Å². The largest absolute Gasteiger partial charge is 0.494 e. The maximum absolute atomic E-state index is 13.3. The van der Waals surface area contributed by atoms with Gasteiger partial charge in [-0.25, -0.2) is 14.8 Å². The number of fused-ring (bicyclic) bond motifs is 1. The van der Waals surface area contributed by atoms with Gasteiger partial charge in [0.25, 0.3) is 5.91 Å². The van der Waals surface area contributed by atoms with E-state index in [-0.39, 0.29) is 46.7 Å². The first-order valence-corrected chi connectivity index (χ1v) is 13.6. The fourth-order valence-corrected chi connectivity index (χ4v) is 5.30. The minimum absolute atomic E-state index is 0.0121. The van der Waals surface area contributed by atoms with Crippen LogP contribution in [0.3, 0.4) is 0 Å². The summed E-state index contributed by atoms with van der Waals surface area (Å²) >= 11 is 0. The van der Waals surface area contributed by atoms with Gasteiger partial charge in [0.05, 0.1) is 13.2 Å². The first-order chi connectivity index (χ1) is 19.5. The molecule has 13 heteroatoms. The number of nitrogens with two attached hydrogens (primary N) is 1. The Bertz CT molecular complexity index is 1430. The summed E-state index contributed by atoms with van der Waals surface area (Å²) in [7, 11) is 1.33. The highest BCUT2D eigenvalue weighted by atomic mass is 19.4. The van der Waals surface area contributed by atoms with Crippen LogP contribution in [0.1, 0.15) is 73.4 Å². The number of aromatic nitrogens is 2. The number of carbonyl (C=O) groups excluding carboxylic acids is 2. The van der Waals surface area contributed by atoms with E-state index in [0.717, 1.165) is 31.7 Å². The lowest BCUT2D eigenvalue weighted by Gasteiger charge is -2.34. The number of pyridine rings is 1. The Hall–Kier alpha value is -3.87. The van der Waals surface area contributed by atoms with Crippen LogP contribution in [-0.2, 0) is 10.9 Å². The second kappa shape index (κ2) is 11.6. The quantitative estimate of drug-likeness (QED) is 0.336. The Morgan fingerprint density at radius 3 is 2.54 bits per heavy atom. The van der Waals surface area contributed by atoms with Gasteiger partial charge in [-0.3, -0.25) is 4.79 Å². The average Bonchev–Trinajstić information content (AvgIpc) is 3.58. The van der Waals surface area contributed by atoms with Gasteiger partial charge in [-0.1, -0.05) is 12.8 Å². The number of hydrogen-bond donors (Lipinski definition) is 3. The summed E-state index contributed by atoms with van der Waals surface area (Å²) < 4.78 is 56.5. The molecule has 2 fully saturated rings. The highest BCUT2D eigenvalue weighted by molar-refractivity contribution is 5.98. The van der Waals surface area contributed by atoms with E-state index in [9.17, 15) is 22.8 Å². The second-order valence-corrected chi connectivity index (χ2v) is 10.6. The van der Waals surface area contributed by atoms with Gasteiger partial charge in [0.2, 0.25) is 5.89 Å². The second-order valence-electron chi connectivity index (χ2n) is 10.6. The zero-order valence-electron chi connectivity index (χ0n) is 22.7. The Morgan fingerprint density at radius 1 is 1.15 bits per heavy atom. The Labute approximate surface area is 234 Å². The van der Waals surface area contributed by atoms with E-state index in [2.05, 4.69) is 20.6 Å². The Balaban J connectivity index is 1.27. The lowest BCUT2D eigenvalue weighted by molar-refractivity contribution is -0.140. The molecule has 2 aliphatic rings. The third kappa shape index (κ3) is 6.24. The predicted octanol–water partition coefficient (Wildman–Crippen LogP) is 5.11. The number of methoxy groups -OCH3 is 1. The summed E-state index contributed by atoms with van der Waals surface area (Å²) in [6.45, 7) is 1.98. The zero-order chi connectivity index (χ0) is 29.3. The molecule has 0 bridgehead atoms. The monoisotopic (exact) mass is 575 g/mol. The van der Waals surface area contributed by atoms with Crippen LogP contribution in [0.15, 0.2) is 28.7 Å². The van der Waals surface area contributed by atoms with Gasteiger partial charge < -0.3 is 30.3 Å². The van der Waals surface area contributed by atoms with Crippen molar-refractivity contribution in [2.75, 3.05) is 13.7 Å². The van der Waals surface area contributed by atoms with Crippen LogP contribution in [0.2, 0.25) is 0 Å². The molecule has 2 aromatic heterocycles. The third-order valence-electron chi connectivity index (χ3n) is 7.54. The van der Waals surface area contributed by atoms with E-state index >= 15 is 0 Å². The lowest BCUT2D eigenvalue weighted by Crippen LogP contribution is -2.43. The number of ether oxygens (including phenoxy) is 2. The summed E-state index contributed by atoms with van der Waals surface area (Å²) in [6, 6.07) is 4.67. The summed E-state index contributed by atoms with van der Waals surface area (Å²) in [5.74, 6) is -0.0638. The number of hydrogen-bond acceptors (Lipinski definition) is 8. The molecule has 2 heterocycles. The number of amides is 2. The normalized spacial score (nSPS) is 20.0. The predicted molar refractivity (Wildman–Crippen MR) is 142 cm³/mol. The van der Waals surface area contributed by atoms with Crippen LogP contribution in [0.4, 0.5) is 18.0 Å². The molecule has 2 aliphatic carbocycles. The SMILES string of the molecule is COc1ccc(-c2nc(C(=O)NCC3CC(OC(=O)NC4CCCC4)C3)c([C@H](C)N)o2)c2ccc(C(F)(F)F)nc12. The van der Waals surface area contributed by atoms with Crippen LogP contribution in [0.5, 0.6) is 5.75 Å². The molecule has 220 valence electrons. The van der Waals surface area contributed by atoms with Crippen LogP contribution in [0.25, 0.3) is 22.4 Å². The van der Waals surface area contributed by atoms with E-state index in [1.807, 2.05) is 0 Å². The summed E-state index contributed by atoms with van der Waals surface area (Å²) in [6.07, 6.45) is 0.233. The van der Waals surface area contributed by atoms with Gasteiger partial charge in [0, 0.05) is 23.5 Å². The molecule has 0 unspecified atom stereocenters. The Kier molecular flexibility index (Phi) is 8.07. The maximum Gasteiger partial charge on any atom is 0.433 e. The highest BCUT2D eigenvalue weighted by Gasteiger charge is 2.35. The van der Waals surface area contributed by atoms with Crippen molar-refractivity contribution >= 4 is 22.9 Å². The van der Waals surface area contributed by atoms with Crippen molar-refractivity contribution in [3.05, 3.63) is 41.4 Å². The van der Waals surface area contributed by atoms with Crippen molar-refractivity contribution in [3.8, 4) is 17.2 Å². The molecule has 2 saturated carbocycles. The minimum atomic E-state index is -4.64. The van der Waals surface area contributed by atoms with E-state index in [1.54, 1.807) is 13.0 Å². The number of alkyl carbamates (subject to hydrolysis) is 1. The third-order valence-corrected chi connectivity index (χ3v) is 7.54. The fraction of sp³-hybridized carbons (Fsp3) is 0.500. The van der Waals surface area contributed by atoms with Crippen molar-refractivity contribution in [3.63, 3.8) is 0 Å². The van der Waals surface area contributed by atoms with Crippen LogP contribution >= 0.6 is 0 Å². The van der Waals surface area contributed by atoms with Crippen molar-refractivity contribution in [2.45, 2.75) is 69.8 Å².